The number of hydrogen-bond donors (Lipinski definition) is 0. The predicted molar refractivity (Wildman–Crippen MR) is 102 cm³/mol. The Kier molecular flexibility index (Phi) is 4.72. The zero-order chi connectivity index (χ0) is 19.0. The number of allylic oxidation sites excluding steroid dienone is 2. The van der Waals surface area contributed by atoms with Crippen LogP contribution in [0.3, 0.4) is 0 Å². The Morgan fingerprint density at radius 1 is 1.30 bits per heavy atom. The minimum Gasteiger partial charge on any atom is -0.453 e. The summed E-state index contributed by atoms with van der Waals surface area (Å²) in [6.45, 7) is 2.17. The van der Waals surface area contributed by atoms with Crippen molar-refractivity contribution < 1.29 is 19.1 Å². The third-order valence-corrected chi connectivity index (χ3v) is 6.76. The lowest BCUT2D eigenvalue weighted by molar-refractivity contribution is -0.153. The molecule has 3 aliphatic rings. The maximum absolute atomic E-state index is 13.0. The first kappa shape index (κ1) is 18.1. The summed E-state index contributed by atoms with van der Waals surface area (Å²) in [5, 5.41) is 0. The summed E-state index contributed by atoms with van der Waals surface area (Å²) in [4.78, 5) is 41.0. The van der Waals surface area contributed by atoms with Gasteiger partial charge in [0.1, 0.15) is 0 Å². The van der Waals surface area contributed by atoms with Crippen molar-refractivity contribution in [2.75, 3.05) is 18.1 Å². The summed E-state index contributed by atoms with van der Waals surface area (Å²) in [7, 11) is 0. The fourth-order valence-electron chi connectivity index (χ4n) is 4.03. The number of benzene rings is 1. The third-order valence-electron chi connectivity index (χ3n) is 5.30. The first-order valence-corrected chi connectivity index (χ1v) is 10.2. The number of carbonyl (C=O) groups excluding carboxylic acids is 3. The molecule has 1 saturated heterocycles. The van der Waals surface area contributed by atoms with Crippen LogP contribution in [-0.4, -0.2) is 40.7 Å². The van der Waals surface area contributed by atoms with Crippen LogP contribution >= 0.6 is 11.8 Å². The van der Waals surface area contributed by atoms with Gasteiger partial charge in [-0.15, -0.1) is 0 Å². The highest BCUT2D eigenvalue weighted by Crippen LogP contribution is 2.56. The Labute approximate surface area is 162 Å². The zero-order valence-electron chi connectivity index (χ0n) is 15.3. The van der Waals surface area contributed by atoms with Crippen LogP contribution in [0, 0.1) is 0 Å². The molecule has 0 aromatic heterocycles. The molecule has 1 unspecified atom stereocenters. The molecule has 2 aliphatic heterocycles. The number of ether oxygens (including phenoxy) is 1. The Morgan fingerprint density at radius 2 is 2.11 bits per heavy atom. The van der Waals surface area contributed by atoms with Crippen molar-refractivity contribution in [1.29, 1.82) is 0 Å². The van der Waals surface area contributed by atoms with Crippen molar-refractivity contribution in [1.82, 2.24) is 4.90 Å². The molecule has 27 heavy (non-hydrogen) atoms. The quantitative estimate of drug-likeness (QED) is 0.728. The Hall–Kier alpha value is -2.28. The standard InChI is InChI=1S/C20H22N2O4S/c1-2-21(14-7-3-4-8-14)18(24)13-26-19(25)20-12-11-17(23)22(20)15-9-5-6-10-16(15)27-20/h5-7,9-10H,2-4,8,11-13H2,1H3. The number of esters is 1. The van der Waals surface area contributed by atoms with Crippen LogP contribution in [0.25, 0.3) is 0 Å². The average molecular weight is 386 g/mol. The molecule has 1 atom stereocenters. The number of anilines is 1. The third kappa shape index (κ3) is 2.94. The van der Waals surface area contributed by atoms with E-state index in [1.165, 1.54) is 11.8 Å². The van der Waals surface area contributed by atoms with Gasteiger partial charge in [0.2, 0.25) is 5.91 Å². The summed E-state index contributed by atoms with van der Waals surface area (Å²) in [5.41, 5.74) is 1.76. The molecule has 6 nitrogen and oxygen atoms in total. The maximum Gasteiger partial charge on any atom is 0.344 e. The largest absolute Gasteiger partial charge is 0.453 e. The van der Waals surface area contributed by atoms with E-state index in [0.29, 0.717) is 19.4 Å². The van der Waals surface area contributed by atoms with E-state index in [9.17, 15) is 14.4 Å². The SMILES string of the molecule is CCN(C(=O)COC(=O)C12CCC(=O)N1c1ccccc1S2)C1=CCCC1. The van der Waals surface area contributed by atoms with Gasteiger partial charge in [0.05, 0.1) is 5.69 Å². The van der Waals surface area contributed by atoms with Crippen molar-refractivity contribution in [3.63, 3.8) is 0 Å². The lowest BCUT2D eigenvalue weighted by atomic mass is 10.2. The van der Waals surface area contributed by atoms with Crippen LogP contribution < -0.4 is 4.90 Å². The smallest absolute Gasteiger partial charge is 0.344 e. The van der Waals surface area contributed by atoms with E-state index in [0.717, 1.165) is 35.5 Å². The highest BCUT2D eigenvalue weighted by atomic mass is 32.2. The highest BCUT2D eigenvalue weighted by molar-refractivity contribution is 8.02. The Bertz CT molecular complexity index is 837. The molecule has 142 valence electrons. The van der Waals surface area contributed by atoms with Crippen LogP contribution in [0.2, 0.25) is 0 Å². The number of amides is 2. The molecule has 1 aliphatic carbocycles. The number of likely N-dealkylation sites (N-methyl/N-ethyl adjacent to an activating group) is 1. The van der Waals surface area contributed by atoms with Crippen LogP contribution in [0.4, 0.5) is 5.69 Å². The topological polar surface area (TPSA) is 66.9 Å². The molecule has 0 saturated carbocycles. The maximum atomic E-state index is 13.0. The van der Waals surface area contributed by atoms with Gasteiger partial charge < -0.3 is 9.64 Å². The van der Waals surface area contributed by atoms with Crippen LogP contribution in [0.15, 0.2) is 40.9 Å². The second-order valence-corrected chi connectivity index (χ2v) is 8.20. The van der Waals surface area contributed by atoms with Crippen LogP contribution in [-0.2, 0) is 19.1 Å². The number of thioether (sulfide) groups is 1. The number of rotatable bonds is 5. The van der Waals surface area contributed by atoms with Crippen molar-refractivity contribution in [2.45, 2.75) is 48.8 Å². The van der Waals surface area contributed by atoms with Gasteiger partial charge >= 0.3 is 5.97 Å². The van der Waals surface area contributed by atoms with Gasteiger partial charge in [-0.25, -0.2) is 4.79 Å². The Balaban J connectivity index is 1.48. The van der Waals surface area contributed by atoms with E-state index in [4.69, 9.17) is 4.74 Å². The molecule has 0 radical (unpaired) electrons. The van der Waals surface area contributed by atoms with E-state index in [2.05, 4.69) is 6.08 Å². The molecule has 0 N–H and O–H groups in total. The predicted octanol–water partition coefficient (Wildman–Crippen LogP) is 3.07. The molecular formula is C20H22N2O4S. The van der Waals surface area contributed by atoms with Gasteiger partial charge in [-0.1, -0.05) is 30.0 Å². The van der Waals surface area contributed by atoms with Crippen molar-refractivity contribution in [2.24, 2.45) is 0 Å². The van der Waals surface area contributed by atoms with Crippen LogP contribution in [0.5, 0.6) is 0 Å². The minimum atomic E-state index is -1.08. The molecule has 0 spiro atoms. The monoisotopic (exact) mass is 386 g/mol. The van der Waals surface area contributed by atoms with Crippen LogP contribution in [0.1, 0.15) is 39.0 Å². The van der Waals surface area contributed by atoms with Gasteiger partial charge in [0, 0.05) is 30.0 Å². The molecule has 1 aromatic carbocycles. The van der Waals surface area contributed by atoms with E-state index >= 15 is 0 Å². The first-order chi connectivity index (χ1) is 13.1. The van der Waals surface area contributed by atoms with Crippen molar-refractivity contribution in [3.05, 3.63) is 36.0 Å². The van der Waals surface area contributed by atoms with Gasteiger partial charge in [0.15, 0.2) is 11.5 Å². The number of hydrogen-bond acceptors (Lipinski definition) is 5. The molecule has 2 heterocycles. The van der Waals surface area contributed by atoms with Crippen molar-refractivity contribution in [3.8, 4) is 0 Å². The normalized spacial score (nSPS) is 23.1. The molecule has 4 rings (SSSR count). The van der Waals surface area contributed by atoms with E-state index in [1.54, 1.807) is 9.80 Å². The lowest BCUT2D eigenvalue weighted by Crippen LogP contribution is -2.48. The molecule has 2 amide bonds. The summed E-state index contributed by atoms with van der Waals surface area (Å²) >= 11 is 1.35. The number of para-hydroxylation sites is 1. The fourth-order valence-corrected chi connectivity index (χ4v) is 5.44. The molecule has 1 fully saturated rings. The summed E-state index contributed by atoms with van der Waals surface area (Å²) in [6, 6.07) is 7.48. The van der Waals surface area contributed by atoms with Gasteiger partial charge in [-0.3, -0.25) is 14.5 Å². The molecule has 7 heteroatoms. The van der Waals surface area contributed by atoms with E-state index < -0.39 is 10.8 Å². The van der Waals surface area contributed by atoms with Crippen molar-refractivity contribution >= 4 is 35.2 Å². The van der Waals surface area contributed by atoms with E-state index in [1.807, 2.05) is 31.2 Å². The number of carbonyl (C=O) groups is 3. The zero-order valence-corrected chi connectivity index (χ0v) is 16.1. The second kappa shape index (κ2) is 7.03. The summed E-state index contributed by atoms with van der Waals surface area (Å²) in [5.74, 6) is -0.812. The summed E-state index contributed by atoms with van der Waals surface area (Å²) < 4.78 is 5.44. The average Bonchev–Trinajstić information content (AvgIpc) is 3.37. The Morgan fingerprint density at radius 3 is 2.85 bits per heavy atom. The molecule has 0 bridgehead atoms. The van der Waals surface area contributed by atoms with Gasteiger partial charge in [-0.05, 0) is 38.3 Å². The lowest BCUT2D eigenvalue weighted by Gasteiger charge is -2.29. The first-order valence-electron chi connectivity index (χ1n) is 9.34. The minimum absolute atomic E-state index is 0.0815. The van der Waals surface area contributed by atoms with E-state index in [-0.39, 0.29) is 18.4 Å². The number of fused-ring (bicyclic) bond motifs is 3. The van der Waals surface area contributed by atoms with Gasteiger partial charge in [0.25, 0.3) is 5.91 Å². The summed E-state index contributed by atoms with van der Waals surface area (Å²) in [6.07, 6.45) is 5.68. The molecular weight excluding hydrogens is 364 g/mol. The fraction of sp³-hybridized carbons (Fsp3) is 0.450. The number of nitrogens with zero attached hydrogens (tertiary/aromatic N) is 2. The second-order valence-electron chi connectivity index (χ2n) is 6.89. The highest BCUT2D eigenvalue weighted by Gasteiger charge is 2.58. The van der Waals surface area contributed by atoms with Gasteiger partial charge in [-0.2, -0.15) is 0 Å². The molecule has 1 aromatic rings.